The number of carboxylic acids is 1. The molecule has 0 spiro atoms. The molecule has 4 heteroatoms. The van der Waals surface area contributed by atoms with E-state index in [1.807, 2.05) is 13.8 Å². The molecule has 14 heavy (non-hydrogen) atoms. The number of hydrogen-bond donors (Lipinski definition) is 1. The van der Waals surface area contributed by atoms with E-state index < -0.39 is 12.0 Å². The molecule has 2 atom stereocenters. The summed E-state index contributed by atoms with van der Waals surface area (Å²) in [6.45, 7) is 4.07. The Kier molecular flexibility index (Phi) is 3.49. The van der Waals surface area contributed by atoms with E-state index in [4.69, 9.17) is 9.84 Å². The van der Waals surface area contributed by atoms with Gasteiger partial charge in [-0.15, -0.1) is 0 Å². The van der Waals surface area contributed by atoms with Crippen LogP contribution in [0, 0.1) is 11.8 Å². The third-order valence-corrected chi connectivity index (χ3v) is 2.73. The number of aliphatic imine (C=N–C) groups is 1. The summed E-state index contributed by atoms with van der Waals surface area (Å²) in [5, 5.41) is 9.01. The van der Waals surface area contributed by atoms with Crippen molar-refractivity contribution in [2.24, 2.45) is 16.8 Å². The molecule has 0 aromatic rings. The molecule has 0 saturated heterocycles. The molecule has 0 bridgehead atoms. The second-order valence-corrected chi connectivity index (χ2v) is 3.96. The van der Waals surface area contributed by atoms with Crippen LogP contribution in [0.5, 0.6) is 0 Å². The average molecular weight is 199 g/mol. The molecule has 0 amide bonds. The van der Waals surface area contributed by atoms with Gasteiger partial charge in [0.05, 0.1) is 7.11 Å². The van der Waals surface area contributed by atoms with Gasteiger partial charge in [-0.05, 0) is 18.3 Å². The smallest absolute Gasteiger partial charge is 0.328 e. The van der Waals surface area contributed by atoms with Gasteiger partial charge in [0, 0.05) is 6.42 Å². The summed E-state index contributed by atoms with van der Waals surface area (Å²) in [4.78, 5) is 15.1. The van der Waals surface area contributed by atoms with Gasteiger partial charge in [0.15, 0.2) is 11.9 Å². The zero-order chi connectivity index (χ0) is 10.7. The Morgan fingerprint density at radius 1 is 1.64 bits per heavy atom. The second-order valence-electron chi connectivity index (χ2n) is 3.96. The number of ether oxygens (including phenoxy) is 1. The largest absolute Gasteiger partial charge is 0.484 e. The third-order valence-electron chi connectivity index (χ3n) is 2.73. The summed E-state index contributed by atoms with van der Waals surface area (Å²) >= 11 is 0. The first-order valence-electron chi connectivity index (χ1n) is 4.89. The normalized spacial score (nSPS) is 27.3. The number of aliphatic carboxylic acids is 1. The Bertz CT molecular complexity index is 248. The van der Waals surface area contributed by atoms with Gasteiger partial charge in [-0.25, -0.2) is 9.79 Å². The highest BCUT2D eigenvalue weighted by Gasteiger charge is 2.33. The van der Waals surface area contributed by atoms with Crippen molar-refractivity contribution in [2.75, 3.05) is 7.11 Å². The van der Waals surface area contributed by atoms with Crippen molar-refractivity contribution in [1.29, 1.82) is 0 Å². The SMILES string of the molecule is COC1=NC(C(=O)O)C(C(C)C)CC1. The zero-order valence-electron chi connectivity index (χ0n) is 8.86. The van der Waals surface area contributed by atoms with Gasteiger partial charge in [0.25, 0.3) is 0 Å². The van der Waals surface area contributed by atoms with Crippen molar-refractivity contribution in [1.82, 2.24) is 0 Å². The van der Waals surface area contributed by atoms with Gasteiger partial charge >= 0.3 is 5.97 Å². The molecule has 2 unspecified atom stereocenters. The molecule has 1 aliphatic heterocycles. The maximum Gasteiger partial charge on any atom is 0.328 e. The van der Waals surface area contributed by atoms with Crippen LogP contribution in [-0.2, 0) is 9.53 Å². The van der Waals surface area contributed by atoms with Gasteiger partial charge in [-0.2, -0.15) is 0 Å². The molecule has 1 heterocycles. The number of rotatable bonds is 2. The van der Waals surface area contributed by atoms with Gasteiger partial charge in [-0.3, -0.25) is 0 Å². The monoisotopic (exact) mass is 199 g/mol. The predicted molar refractivity (Wildman–Crippen MR) is 53.4 cm³/mol. The number of carboxylic acid groups (broad SMARTS) is 1. The van der Waals surface area contributed by atoms with Crippen molar-refractivity contribution >= 4 is 11.9 Å². The highest BCUT2D eigenvalue weighted by Crippen LogP contribution is 2.28. The minimum Gasteiger partial charge on any atom is -0.484 e. The van der Waals surface area contributed by atoms with Crippen molar-refractivity contribution in [2.45, 2.75) is 32.7 Å². The Labute approximate surface area is 84.0 Å². The van der Waals surface area contributed by atoms with Crippen LogP contribution < -0.4 is 0 Å². The minimum absolute atomic E-state index is 0.131. The molecular formula is C10H17NO3. The quantitative estimate of drug-likeness (QED) is 0.734. The maximum atomic E-state index is 11.0. The first kappa shape index (κ1) is 11.0. The van der Waals surface area contributed by atoms with E-state index in [-0.39, 0.29) is 5.92 Å². The fourth-order valence-corrected chi connectivity index (χ4v) is 1.85. The van der Waals surface area contributed by atoms with Gasteiger partial charge in [0.1, 0.15) is 0 Å². The Morgan fingerprint density at radius 3 is 2.71 bits per heavy atom. The summed E-state index contributed by atoms with van der Waals surface area (Å²) in [5.41, 5.74) is 0. The van der Waals surface area contributed by atoms with E-state index in [0.717, 1.165) is 12.8 Å². The van der Waals surface area contributed by atoms with Gasteiger partial charge in [0.2, 0.25) is 0 Å². The molecule has 0 radical (unpaired) electrons. The van der Waals surface area contributed by atoms with Crippen LogP contribution in [0.2, 0.25) is 0 Å². The molecule has 0 fully saturated rings. The van der Waals surface area contributed by atoms with E-state index in [2.05, 4.69) is 4.99 Å². The summed E-state index contributed by atoms with van der Waals surface area (Å²) in [6.07, 6.45) is 1.60. The molecule has 4 nitrogen and oxygen atoms in total. The summed E-state index contributed by atoms with van der Waals surface area (Å²) < 4.78 is 4.99. The fourth-order valence-electron chi connectivity index (χ4n) is 1.85. The highest BCUT2D eigenvalue weighted by atomic mass is 16.5. The minimum atomic E-state index is -0.849. The van der Waals surface area contributed by atoms with Crippen LogP contribution in [0.1, 0.15) is 26.7 Å². The molecule has 1 rings (SSSR count). The highest BCUT2D eigenvalue weighted by molar-refractivity contribution is 5.83. The molecule has 0 aromatic carbocycles. The first-order chi connectivity index (χ1) is 6.56. The van der Waals surface area contributed by atoms with Crippen LogP contribution in [0.15, 0.2) is 4.99 Å². The van der Waals surface area contributed by atoms with Crippen molar-refractivity contribution < 1.29 is 14.6 Å². The average Bonchev–Trinajstić information content (AvgIpc) is 2.16. The van der Waals surface area contributed by atoms with E-state index in [1.165, 1.54) is 7.11 Å². The summed E-state index contributed by atoms with van der Waals surface area (Å²) in [6, 6.07) is -0.626. The summed E-state index contributed by atoms with van der Waals surface area (Å²) in [7, 11) is 1.54. The number of nitrogens with zero attached hydrogens (tertiary/aromatic N) is 1. The van der Waals surface area contributed by atoms with Crippen LogP contribution in [0.25, 0.3) is 0 Å². The van der Waals surface area contributed by atoms with Crippen LogP contribution in [0.4, 0.5) is 0 Å². The standard InChI is InChI=1S/C10H17NO3/c1-6(2)7-4-5-8(14-3)11-9(7)10(12)13/h6-7,9H,4-5H2,1-3H3,(H,12,13). The van der Waals surface area contributed by atoms with Crippen LogP contribution >= 0.6 is 0 Å². The Balaban J connectivity index is 2.83. The van der Waals surface area contributed by atoms with Gasteiger partial charge in [-0.1, -0.05) is 13.8 Å². The second kappa shape index (κ2) is 4.44. The molecule has 1 aliphatic rings. The molecule has 0 saturated carbocycles. The van der Waals surface area contributed by atoms with Crippen molar-refractivity contribution in [3.8, 4) is 0 Å². The molecule has 0 aromatic heterocycles. The van der Waals surface area contributed by atoms with Crippen LogP contribution in [-0.4, -0.2) is 30.1 Å². The Morgan fingerprint density at radius 2 is 2.29 bits per heavy atom. The van der Waals surface area contributed by atoms with E-state index in [1.54, 1.807) is 0 Å². The van der Waals surface area contributed by atoms with E-state index in [0.29, 0.717) is 11.8 Å². The lowest BCUT2D eigenvalue weighted by atomic mass is 9.83. The number of hydrogen-bond acceptors (Lipinski definition) is 3. The molecular weight excluding hydrogens is 182 g/mol. The topological polar surface area (TPSA) is 58.9 Å². The molecule has 1 N–H and O–H groups in total. The number of carbonyl (C=O) groups is 1. The van der Waals surface area contributed by atoms with Gasteiger partial charge < -0.3 is 9.84 Å². The maximum absolute atomic E-state index is 11.0. The number of methoxy groups -OCH3 is 1. The molecule has 0 aliphatic carbocycles. The lowest BCUT2D eigenvalue weighted by molar-refractivity contribution is -0.140. The lowest BCUT2D eigenvalue weighted by Crippen LogP contribution is -2.36. The van der Waals surface area contributed by atoms with E-state index in [9.17, 15) is 4.79 Å². The van der Waals surface area contributed by atoms with Crippen molar-refractivity contribution in [3.05, 3.63) is 0 Å². The first-order valence-corrected chi connectivity index (χ1v) is 4.89. The zero-order valence-corrected chi connectivity index (χ0v) is 8.86. The molecule has 80 valence electrons. The fraction of sp³-hybridized carbons (Fsp3) is 0.800. The van der Waals surface area contributed by atoms with Crippen molar-refractivity contribution in [3.63, 3.8) is 0 Å². The predicted octanol–water partition coefficient (Wildman–Crippen LogP) is 1.55. The third kappa shape index (κ3) is 2.25. The Hall–Kier alpha value is -1.06. The van der Waals surface area contributed by atoms with Crippen LogP contribution in [0.3, 0.4) is 0 Å². The lowest BCUT2D eigenvalue weighted by Gasteiger charge is -2.28. The van der Waals surface area contributed by atoms with E-state index >= 15 is 0 Å². The summed E-state index contributed by atoms with van der Waals surface area (Å²) in [5.74, 6) is 0.192.